The molecule has 1 aliphatic carbocycles. The molecule has 0 unspecified atom stereocenters. The molecule has 1 N–H and O–H groups in total. The minimum atomic E-state index is -0.982. The molecule has 8 heteroatoms. The lowest BCUT2D eigenvalue weighted by atomic mass is 10.1. The number of carboxylic acids is 1. The number of rotatable bonds is 8. The van der Waals surface area contributed by atoms with E-state index in [2.05, 4.69) is 4.57 Å². The summed E-state index contributed by atoms with van der Waals surface area (Å²) in [5.41, 5.74) is 4.97. The van der Waals surface area contributed by atoms with Crippen LogP contribution in [0.2, 0.25) is 10.0 Å². The molecule has 1 fully saturated rings. The van der Waals surface area contributed by atoms with Crippen molar-refractivity contribution >= 4 is 46.1 Å². The van der Waals surface area contributed by atoms with E-state index in [0.717, 1.165) is 53.7 Å². The smallest absolute Gasteiger partial charge is 0.335 e. The molecule has 0 spiro atoms. The summed E-state index contributed by atoms with van der Waals surface area (Å²) in [6.07, 6.45) is 6.76. The number of aromatic carboxylic acids is 1. The number of aromatic nitrogens is 2. The van der Waals surface area contributed by atoms with E-state index in [1.54, 1.807) is 17.0 Å². The molecule has 1 saturated carbocycles. The summed E-state index contributed by atoms with van der Waals surface area (Å²) < 4.78 is 2.27. The summed E-state index contributed by atoms with van der Waals surface area (Å²) in [6.45, 7) is 0.739. The predicted octanol–water partition coefficient (Wildman–Crippen LogP) is 9.45. The fourth-order valence-corrected chi connectivity index (χ4v) is 6.63. The van der Waals surface area contributed by atoms with Crippen LogP contribution in [0.4, 0.5) is 0 Å². The number of carbonyl (C=O) groups is 2. The molecule has 44 heavy (non-hydrogen) atoms. The topological polar surface area (TPSA) is 75.4 Å². The van der Waals surface area contributed by atoms with Gasteiger partial charge in [0.2, 0.25) is 0 Å². The molecular weight excluding hydrogens is 593 g/mol. The van der Waals surface area contributed by atoms with Crippen molar-refractivity contribution in [1.82, 2.24) is 14.5 Å². The fourth-order valence-electron chi connectivity index (χ4n) is 6.21. The van der Waals surface area contributed by atoms with Gasteiger partial charge in [-0.05, 0) is 78.6 Å². The van der Waals surface area contributed by atoms with Crippen LogP contribution in [0.25, 0.3) is 22.4 Å². The van der Waals surface area contributed by atoms with Crippen LogP contribution < -0.4 is 0 Å². The second-order valence-electron chi connectivity index (χ2n) is 11.5. The van der Waals surface area contributed by atoms with Crippen LogP contribution >= 0.6 is 23.2 Å². The van der Waals surface area contributed by atoms with Crippen molar-refractivity contribution in [3.8, 4) is 11.4 Å². The van der Waals surface area contributed by atoms with Gasteiger partial charge >= 0.3 is 5.97 Å². The second-order valence-corrected chi connectivity index (χ2v) is 12.3. The highest BCUT2D eigenvalue weighted by atomic mass is 35.5. The van der Waals surface area contributed by atoms with Gasteiger partial charge in [-0.25, -0.2) is 9.78 Å². The number of nitrogens with zero attached hydrogens (tertiary/aromatic N) is 3. The summed E-state index contributed by atoms with van der Waals surface area (Å²) in [5, 5.41) is 10.9. The third-order valence-electron chi connectivity index (χ3n) is 8.31. The van der Waals surface area contributed by atoms with Crippen molar-refractivity contribution in [3.05, 3.63) is 123 Å². The number of imidazole rings is 1. The highest BCUT2D eigenvalue weighted by Crippen LogP contribution is 2.36. The molecule has 0 aliphatic heterocycles. The van der Waals surface area contributed by atoms with Crippen LogP contribution in [0.1, 0.15) is 76.4 Å². The van der Waals surface area contributed by atoms with Crippen LogP contribution in [0, 0.1) is 0 Å². The van der Waals surface area contributed by atoms with Gasteiger partial charge < -0.3 is 14.6 Å². The number of carboxylic acid groups (broad SMARTS) is 1. The lowest BCUT2D eigenvalue weighted by Crippen LogP contribution is -2.30. The Bertz CT molecular complexity index is 1780. The number of fused-ring (bicyclic) bond motifs is 1. The largest absolute Gasteiger partial charge is 0.478 e. The van der Waals surface area contributed by atoms with Crippen LogP contribution in [-0.4, -0.2) is 31.4 Å². The third kappa shape index (κ3) is 6.67. The van der Waals surface area contributed by atoms with Crippen LogP contribution in [0.15, 0.2) is 91.0 Å². The molecule has 6 rings (SSSR count). The Morgan fingerprint density at radius 2 is 1.41 bits per heavy atom. The Kier molecular flexibility index (Phi) is 9.01. The first-order valence-electron chi connectivity index (χ1n) is 15.0. The van der Waals surface area contributed by atoms with Crippen molar-refractivity contribution in [1.29, 1.82) is 0 Å². The minimum absolute atomic E-state index is 0.128. The SMILES string of the molecule is O=C(O)c1ccc2c(c1)nc(-c1cccc(C(=O)N(Cc3cccc(Cl)c3)Cc3cccc(Cl)c3)c1)n2C1CCCCCC1. The van der Waals surface area contributed by atoms with Gasteiger partial charge in [0.25, 0.3) is 5.91 Å². The van der Waals surface area contributed by atoms with Crippen molar-refractivity contribution in [2.75, 3.05) is 0 Å². The van der Waals surface area contributed by atoms with Crippen molar-refractivity contribution in [2.24, 2.45) is 0 Å². The van der Waals surface area contributed by atoms with Gasteiger partial charge in [0.1, 0.15) is 5.82 Å². The Balaban J connectivity index is 1.40. The first-order valence-corrected chi connectivity index (χ1v) is 15.8. The number of carbonyl (C=O) groups excluding carboxylic acids is 1. The van der Waals surface area contributed by atoms with E-state index < -0.39 is 5.97 Å². The summed E-state index contributed by atoms with van der Waals surface area (Å²) in [6, 6.07) is 28.1. The van der Waals surface area contributed by atoms with Crippen molar-refractivity contribution in [3.63, 3.8) is 0 Å². The second kappa shape index (κ2) is 13.2. The Morgan fingerprint density at radius 1 is 0.773 bits per heavy atom. The highest BCUT2D eigenvalue weighted by molar-refractivity contribution is 6.30. The number of amides is 1. The van der Waals surface area contributed by atoms with Crippen molar-refractivity contribution < 1.29 is 14.7 Å². The molecule has 1 aliphatic rings. The zero-order valence-corrected chi connectivity index (χ0v) is 25.8. The fraction of sp³-hybridized carbons (Fsp3) is 0.250. The third-order valence-corrected chi connectivity index (χ3v) is 8.78. The molecule has 0 radical (unpaired) electrons. The average molecular weight is 627 g/mol. The maximum Gasteiger partial charge on any atom is 0.335 e. The summed E-state index contributed by atoms with van der Waals surface area (Å²) in [7, 11) is 0. The lowest BCUT2D eigenvalue weighted by molar-refractivity contribution is 0.0695. The van der Waals surface area contributed by atoms with E-state index in [1.165, 1.54) is 12.8 Å². The molecular formula is C36H33Cl2N3O3. The van der Waals surface area contributed by atoms with E-state index in [9.17, 15) is 14.7 Å². The van der Waals surface area contributed by atoms with Gasteiger partial charge in [-0.3, -0.25) is 4.79 Å². The van der Waals surface area contributed by atoms with Gasteiger partial charge in [-0.1, -0.05) is 85.3 Å². The van der Waals surface area contributed by atoms with E-state index in [4.69, 9.17) is 28.2 Å². The molecule has 6 nitrogen and oxygen atoms in total. The molecule has 5 aromatic rings. The minimum Gasteiger partial charge on any atom is -0.478 e. The van der Waals surface area contributed by atoms with Gasteiger partial charge in [0.05, 0.1) is 16.6 Å². The Morgan fingerprint density at radius 3 is 2.02 bits per heavy atom. The first-order chi connectivity index (χ1) is 21.4. The van der Waals surface area contributed by atoms with E-state index in [0.29, 0.717) is 34.2 Å². The number of benzene rings is 4. The van der Waals surface area contributed by atoms with Crippen LogP contribution in [0.5, 0.6) is 0 Å². The number of hydrogen-bond donors (Lipinski definition) is 1. The molecule has 224 valence electrons. The van der Waals surface area contributed by atoms with Gasteiger partial charge in [-0.15, -0.1) is 0 Å². The standard InChI is InChI=1S/C36H33Cl2N3O3/c37-29-12-5-8-24(18-29)22-40(23-25-9-6-13-30(38)19-25)35(42)27-11-7-10-26(20-27)34-39-32-21-28(36(43)44)16-17-33(32)41(34)31-14-3-1-2-4-15-31/h5-13,16-21,31H,1-4,14-15,22-23H2,(H,43,44). The van der Waals surface area contributed by atoms with Gasteiger partial charge in [0.15, 0.2) is 0 Å². The maximum atomic E-state index is 14.2. The maximum absolute atomic E-state index is 14.2. The molecule has 4 aromatic carbocycles. The summed E-state index contributed by atoms with van der Waals surface area (Å²) in [5.74, 6) is -0.359. The van der Waals surface area contributed by atoms with Crippen LogP contribution in [0.3, 0.4) is 0 Å². The Hall–Kier alpha value is -4.13. The zero-order chi connectivity index (χ0) is 30.6. The number of halogens is 2. The first kappa shape index (κ1) is 29.9. The van der Waals surface area contributed by atoms with Crippen LogP contribution in [-0.2, 0) is 13.1 Å². The monoisotopic (exact) mass is 625 g/mol. The summed E-state index contributed by atoms with van der Waals surface area (Å²) >= 11 is 12.6. The molecule has 1 aromatic heterocycles. The van der Waals surface area contributed by atoms with Crippen molar-refractivity contribution in [2.45, 2.75) is 57.7 Å². The normalized spacial score (nSPS) is 14.0. The molecule has 1 heterocycles. The van der Waals surface area contributed by atoms with Gasteiger partial charge in [0, 0.05) is 40.3 Å². The zero-order valence-electron chi connectivity index (χ0n) is 24.3. The molecule has 0 bridgehead atoms. The summed E-state index contributed by atoms with van der Waals surface area (Å²) in [4.78, 5) is 32.7. The quantitative estimate of drug-likeness (QED) is 0.174. The van der Waals surface area contributed by atoms with E-state index in [-0.39, 0.29) is 17.5 Å². The highest BCUT2D eigenvalue weighted by Gasteiger charge is 2.24. The van der Waals surface area contributed by atoms with Gasteiger partial charge in [-0.2, -0.15) is 0 Å². The lowest BCUT2D eigenvalue weighted by Gasteiger charge is -2.24. The van der Waals surface area contributed by atoms with E-state index in [1.807, 2.05) is 78.9 Å². The molecule has 0 saturated heterocycles. The predicted molar refractivity (Wildman–Crippen MR) is 175 cm³/mol. The Labute approximate surface area is 266 Å². The number of hydrogen-bond acceptors (Lipinski definition) is 3. The molecule has 1 amide bonds. The average Bonchev–Trinajstić information content (AvgIpc) is 3.18. The molecule has 0 atom stereocenters. The van der Waals surface area contributed by atoms with E-state index >= 15 is 0 Å².